The lowest BCUT2D eigenvalue weighted by Crippen LogP contribution is -2.74. The highest BCUT2D eigenvalue weighted by Crippen LogP contribution is 2.59. The standard InChI is InChI=1S/C21H26NO2/c1-5-23-21(24-6-2)15(3)19-16-11-7-8-12-17(16)20(21,4)18-13-9-10-14-22(18)19/h7-15,19H,5-6H2,1-4H3/q+1. The Balaban J connectivity index is 2.09. The fourth-order valence-corrected chi connectivity index (χ4v) is 5.18. The molecule has 2 aromatic rings. The summed E-state index contributed by atoms with van der Waals surface area (Å²) >= 11 is 0. The third-order valence-corrected chi connectivity index (χ3v) is 6.01. The van der Waals surface area contributed by atoms with Gasteiger partial charge >= 0.3 is 0 Å². The summed E-state index contributed by atoms with van der Waals surface area (Å²) in [6.45, 7) is 9.96. The van der Waals surface area contributed by atoms with Crippen molar-refractivity contribution in [3.63, 3.8) is 0 Å². The van der Waals surface area contributed by atoms with E-state index in [1.807, 2.05) is 0 Å². The van der Waals surface area contributed by atoms with E-state index in [1.54, 1.807) is 0 Å². The van der Waals surface area contributed by atoms with Gasteiger partial charge in [0.05, 0.1) is 5.92 Å². The Hall–Kier alpha value is -1.71. The van der Waals surface area contributed by atoms with Gasteiger partial charge in [0.2, 0.25) is 0 Å². The van der Waals surface area contributed by atoms with Crippen molar-refractivity contribution < 1.29 is 14.0 Å². The Morgan fingerprint density at radius 3 is 2.38 bits per heavy atom. The first-order valence-corrected chi connectivity index (χ1v) is 8.99. The summed E-state index contributed by atoms with van der Waals surface area (Å²) in [5, 5.41) is 0. The molecule has 3 heterocycles. The SMILES string of the molecule is CCOC1(OCC)C(C)C2c3ccccc3C1(C)c1cccc[n+]12. The van der Waals surface area contributed by atoms with Crippen LogP contribution in [0.25, 0.3) is 0 Å². The van der Waals surface area contributed by atoms with Crippen LogP contribution in [0.1, 0.15) is 50.6 Å². The highest BCUT2D eigenvalue weighted by atomic mass is 16.7. The summed E-state index contributed by atoms with van der Waals surface area (Å²) in [6.07, 6.45) is 2.20. The Morgan fingerprint density at radius 1 is 1.00 bits per heavy atom. The third-order valence-electron chi connectivity index (χ3n) is 6.01. The number of ether oxygens (including phenoxy) is 2. The Labute approximate surface area is 144 Å². The molecule has 0 radical (unpaired) electrons. The van der Waals surface area contributed by atoms with Gasteiger partial charge in [-0.05, 0) is 26.3 Å². The predicted octanol–water partition coefficient (Wildman–Crippen LogP) is 3.60. The zero-order chi connectivity index (χ0) is 16.9. The molecule has 24 heavy (non-hydrogen) atoms. The van der Waals surface area contributed by atoms with Crippen molar-refractivity contribution >= 4 is 0 Å². The molecular weight excluding hydrogens is 298 g/mol. The van der Waals surface area contributed by atoms with Crippen LogP contribution in [0.5, 0.6) is 0 Å². The van der Waals surface area contributed by atoms with Gasteiger partial charge in [-0.2, -0.15) is 4.57 Å². The topological polar surface area (TPSA) is 22.3 Å². The van der Waals surface area contributed by atoms with Gasteiger partial charge in [0.15, 0.2) is 23.7 Å². The van der Waals surface area contributed by atoms with E-state index in [0.717, 1.165) is 0 Å². The maximum absolute atomic E-state index is 6.44. The summed E-state index contributed by atoms with van der Waals surface area (Å²) in [6, 6.07) is 15.5. The number of fused-ring (bicyclic) bond motifs is 1. The van der Waals surface area contributed by atoms with Crippen LogP contribution >= 0.6 is 0 Å². The van der Waals surface area contributed by atoms with Crippen molar-refractivity contribution in [2.24, 2.45) is 5.92 Å². The van der Waals surface area contributed by atoms with Crippen LogP contribution in [0.3, 0.4) is 0 Å². The van der Waals surface area contributed by atoms with Gasteiger partial charge in [-0.25, -0.2) is 0 Å². The largest absolute Gasteiger partial charge is 0.348 e. The minimum Gasteiger partial charge on any atom is -0.348 e. The normalized spacial score (nSPS) is 29.2. The quantitative estimate of drug-likeness (QED) is 0.633. The number of aromatic nitrogens is 1. The smallest absolute Gasteiger partial charge is 0.197 e. The van der Waals surface area contributed by atoms with Gasteiger partial charge in [0.25, 0.3) is 0 Å². The number of rotatable bonds is 4. The molecule has 0 saturated heterocycles. The predicted molar refractivity (Wildman–Crippen MR) is 92.8 cm³/mol. The molecule has 3 unspecified atom stereocenters. The number of hydrogen-bond acceptors (Lipinski definition) is 2. The van der Waals surface area contributed by atoms with Crippen molar-refractivity contribution in [3.8, 4) is 0 Å². The van der Waals surface area contributed by atoms with E-state index in [0.29, 0.717) is 13.2 Å². The summed E-state index contributed by atoms with van der Waals surface area (Å²) in [4.78, 5) is 0. The van der Waals surface area contributed by atoms with Gasteiger partial charge < -0.3 is 9.47 Å². The van der Waals surface area contributed by atoms with Crippen LogP contribution in [0, 0.1) is 5.92 Å². The number of nitrogens with zero attached hydrogens (tertiary/aromatic N) is 1. The van der Waals surface area contributed by atoms with Crippen molar-refractivity contribution in [2.75, 3.05) is 13.2 Å². The summed E-state index contributed by atoms with van der Waals surface area (Å²) in [7, 11) is 0. The molecule has 0 saturated carbocycles. The lowest BCUT2D eigenvalue weighted by molar-refractivity contribution is -0.751. The summed E-state index contributed by atoms with van der Waals surface area (Å²) in [5.74, 6) is -0.422. The fraction of sp³-hybridized carbons (Fsp3) is 0.476. The average Bonchev–Trinajstić information content (AvgIpc) is 2.60. The molecule has 1 aromatic carbocycles. The van der Waals surface area contributed by atoms with Gasteiger partial charge in [-0.1, -0.05) is 37.3 Å². The maximum Gasteiger partial charge on any atom is 0.197 e. The molecule has 0 N–H and O–H groups in total. The molecule has 5 rings (SSSR count). The molecule has 126 valence electrons. The molecule has 0 spiro atoms. The van der Waals surface area contributed by atoms with Crippen molar-refractivity contribution in [3.05, 3.63) is 65.5 Å². The van der Waals surface area contributed by atoms with E-state index in [-0.39, 0.29) is 17.4 Å². The average molecular weight is 324 g/mol. The van der Waals surface area contributed by atoms with Crippen LogP contribution in [0.15, 0.2) is 48.7 Å². The molecule has 3 aliphatic rings. The lowest BCUT2D eigenvalue weighted by atomic mass is 9.56. The molecule has 3 heteroatoms. The van der Waals surface area contributed by atoms with Crippen molar-refractivity contribution in [1.82, 2.24) is 0 Å². The Morgan fingerprint density at radius 2 is 1.67 bits per heavy atom. The second-order valence-electron chi connectivity index (χ2n) is 6.97. The first-order chi connectivity index (χ1) is 11.6. The highest BCUT2D eigenvalue weighted by molar-refractivity contribution is 5.49. The molecule has 2 bridgehead atoms. The third kappa shape index (κ3) is 1.67. The molecule has 1 aliphatic carbocycles. The van der Waals surface area contributed by atoms with Crippen LogP contribution < -0.4 is 4.57 Å². The molecule has 3 nitrogen and oxygen atoms in total. The van der Waals surface area contributed by atoms with E-state index in [1.165, 1.54) is 16.8 Å². The minimum atomic E-state index is -0.642. The Bertz CT molecular complexity index is 716. The van der Waals surface area contributed by atoms with Gasteiger partial charge in [0.1, 0.15) is 5.41 Å². The molecule has 1 aromatic heterocycles. The fourth-order valence-electron chi connectivity index (χ4n) is 5.18. The van der Waals surface area contributed by atoms with Gasteiger partial charge in [0, 0.05) is 30.9 Å². The van der Waals surface area contributed by atoms with E-state index >= 15 is 0 Å². The lowest BCUT2D eigenvalue weighted by Gasteiger charge is -2.57. The molecule has 3 atom stereocenters. The first kappa shape index (κ1) is 15.8. The maximum atomic E-state index is 6.44. The van der Waals surface area contributed by atoms with Crippen molar-refractivity contribution in [1.29, 1.82) is 0 Å². The van der Waals surface area contributed by atoms with Crippen LogP contribution in [0.2, 0.25) is 0 Å². The Kier molecular flexibility index (Phi) is 3.55. The van der Waals surface area contributed by atoms with E-state index in [2.05, 4.69) is 80.9 Å². The first-order valence-electron chi connectivity index (χ1n) is 8.99. The number of pyridine rings is 1. The number of hydrogen-bond donors (Lipinski definition) is 0. The molecule has 2 aliphatic heterocycles. The van der Waals surface area contributed by atoms with Crippen LogP contribution in [-0.4, -0.2) is 19.0 Å². The molecule has 0 fully saturated rings. The summed E-state index contributed by atoms with van der Waals surface area (Å²) < 4.78 is 15.3. The van der Waals surface area contributed by atoms with E-state index < -0.39 is 5.79 Å². The highest BCUT2D eigenvalue weighted by Gasteiger charge is 2.71. The van der Waals surface area contributed by atoms with Crippen LogP contribution in [-0.2, 0) is 14.9 Å². The minimum absolute atomic E-state index is 0.220. The number of benzene rings is 1. The zero-order valence-corrected chi connectivity index (χ0v) is 15.0. The van der Waals surface area contributed by atoms with Gasteiger partial charge in [-0.15, -0.1) is 0 Å². The second kappa shape index (κ2) is 5.40. The van der Waals surface area contributed by atoms with Gasteiger partial charge in [-0.3, -0.25) is 0 Å². The van der Waals surface area contributed by atoms with E-state index in [4.69, 9.17) is 9.47 Å². The second-order valence-corrected chi connectivity index (χ2v) is 6.97. The van der Waals surface area contributed by atoms with Crippen LogP contribution in [0.4, 0.5) is 0 Å². The van der Waals surface area contributed by atoms with E-state index in [9.17, 15) is 0 Å². The monoisotopic (exact) mass is 324 g/mol. The van der Waals surface area contributed by atoms with Crippen molar-refractivity contribution in [2.45, 2.75) is 44.9 Å². The molecule has 0 amide bonds. The molecular formula is C21H26NO2+. The summed E-state index contributed by atoms with van der Waals surface area (Å²) in [5.41, 5.74) is 3.66. The zero-order valence-electron chi connectivity index (χ0n) is 15.0.